The van der Waals surface area contributed by atoms with E-state index in [9.17, 15) is 9.59 Å². The summed E-state index contributed by atoms with van der Waals surface area (Å²) < 4.78 is 0. The first kappa shape index (κ1) is 12.4. The number of likely N-dealkylation sites (N-methyl/N-ethyl adjacent to an activating group) is 1. The lowest BCUT2D eigenvalue weighted by atomic mass is 10.0. The Bertz CT molecular complexity index is 329. The van der Waals surface area contributed by atoms with E-state index in [1.54, 1.807) is 6.92 Å². The Morgan fingerprint density at radius 1 is 1.69 bits per heavy atom. The molecule has 7 nitrogen and oxygen atoms in total. The van der Waals surface area contributed by atoms with Gasteiger partial charge in [-0.1, -0.05) is 5.16 Å². The topological polar surface area (TPSA) is 108 Å². The molecule has 0 aliphatic carbocycles. The van der Waals surface area contributed by atoms with E-state index in [1.165, 1.54) is 7.05 Å². The lowest BCUT2D eigenvalue weighted by molar-refractivity contribution is -0.148. The third-order valence-corrected chi connectivity index (χ3v) is 2.66. The first-order valence-electron chi connectivity index (χ1n) is 5.01. The monoisotopic (exact) mass is 228 g/mol. The van der Waals surface area contributed by atoms with Crippen molar-refractivity contribution in [2.75, 3.05) is 7.05 Å². The standard InChI is InChI=1S/C9H16N4O3/c1-5(8(10)12-16)11-6-3-4-7(14)13(2)9(6)15/h5-6,11,16H,3-4H2,1-2H3,(H2,10,12). The van der Waals surface area contributed by atoms with Gasteiger partial charge < -0.3 is 10.9 Å². The number of piperidine rings is 1. The van der Waals surface area contributed by atoms with Crippen LogP contribution in [-0.2, 0) is 9.59 Å². The average molecular weight is 228 g/mol. The Morgan fingerprint density at radius 2 is 2.31 bits per heavy atom. The van der Waals surface area contributed by atoms with E-state index in [0.717, 1.165) is 4.90 Å². The van der Waals surface area contributed by atoms with Crippen LogP contribution in [0.4, 0.5) is 0 Å². The summed E-state index contributed by atoms with van der Waals surface area (Å²) in [6, 6.07) is -0.876. The summed E-state index contributed by atoms with van der Waals surface area (Å²) in [5.41, 5.74) is 5.39. The van der Waals surface area contributed by atoms with Crippen molar-refractivity contribution in [3.8, 4) is 0 Å². The zero-order valence-corrected chi connectivity index (χ0v) is 9.30. The van der Waals surface area contributed by atoms with E-state index in [-0.39, 0.29) is 17.6 Å². The summed E-state index contributed by atoms with van der Waals surface area (Å²) in [5.74, 6) is -0.458. The van der Waals surface area contributed by atoms with Gasteiger partial charge in [-0.3, -0.25) is 19.8 Å². The van der Waals surface area contributed by atoms with Crippen LogP contribution in [0.15, 0.2) is 5.16 Å². The fourth-order valence-corrected chi connectivity index (χ4v) is 1.54. The highest BCUT2D eigenvalue weighted by Crippen LogP contribution is 2.11. The molecule has 1 heterocycles. The van der Waals surface area contributed by atoms with Gasteiger partial charge >= 0.3 is 0 Å². The smallest absolute Gasteiger partial charge is 0.246 e. The van der Waals surface area contributed by atoms with E-state index >= 15 is 0 Å². The Kier molecular flexibility index (Phi) is 3.83. The third-order valence-electron chi connectivity index (χ3n) is 2.66. The molecule has 1 aliphatic rings. The van der Waals surface area contributed by atoms with Crippen LogP contribution in [0.1, 0.15) is 19.8 Å². The second kappa shape index (κ2) is 4.93. The molecule has 90 valence electrons. The Balaban J connectivity index is 2.62. The van der Waals surface area contributed by atoms with Gasteiger partial charge in [0.2, 0.25) is 11.8 Å². The fourth-order valence-electron chi connectivity index (χ4n) is 1.54. The van der Waals surface area contributed by atoms with Gasteiger partial charge in [0.25, 0.3) is 0 Å². The van der Waals surface area contributed by atoms with Crippen LogP contribution in [0.5, 0.6) is 0 Å². The maximum Gasteiger partial charge on any atom is 0.246 e. The van der Waals surface area contributed by atoms with Gasteiger partial charge in [-0.2, -0.15) is 0 Å². The highest BCUT2D eigenvalue weighted by Gasteiger charge is 2.32. The highest BCUT2D eigenvalue weighted by atomic mass is 16.4. The summed E-state index contributed by atoms with van der Waals surface area (Å²) in [6.07, 6.45) is 0.758. The Hall–Kier alpha value is -1.63. The third kappa shape index (κ3) is 2.48. The van der Waals surface area contributed by atoms with Gasteiger partial charge in [-0.05, 0) is 13.3 Å². The molecule has 2 unspecified atom stereocenters. The predicted molar refractivity (Wildman–Crippen MR) is 56.8 cm³/mol. The zero-order valence-electron chi connectivity index (χ0n) is 9.30. The maximum atomic E-state index is 11.7. The molecule has 0 aromatic rings. The largest absolute Gasteiger partial charge is 0.409 e. The van der Waals surface area contributed by atoms with E-state index < -0.39 is 12.1 Å². The number of hydrogen-bond donors (Lipinski definition) is 3. The summed E-state index contributed by atoms with van der Waals surface area (Å²) in [5, 5.41) is 14.2. The van der Waals surface area contributed by atoms with Gasteiger partial charge in [0.1, 0.15) is 0 Å². The molecule has 2 amide bonds. The van der Waals surface area contributed by atoms with Crippen LogP contribution in [0.25, 0.3) is 0 Å². The number of likely N-dealkylation sites (tertiary alicyclic amines) is 1. The number of carbonyl (C=O) groups is 2. The molecule has 1 fully saturated rings. The number of nitrogens with zero attached hydrogens (tertiary/aromatic N) is 2. The van der Waals surface area contributed by atoms with Crippen molar-refractivity contribution in [2.45, 2.75) is 31.8 Å². The molecular weight excluding hydrogens is 212 g/mol. The minimum atomic E-state index is -0.460. The van der Waals surface area contributed by atoms with Crippen LogP contribution < -0.4 is 11.1 Å². The van der Waals surface area contributed by atoms with E-state index in [4.69, 9.17) is 10.9 Å². The van der Waals surface area contributed by atoms with Crippen LogP contribution in [0, 0.1) is 0 Å². The molecule has 0 aromatic carbocycles. The molecule has 7 heteroatoms. The van der Waals surface area contributed by atoms with E-state index in [0.29, 0.717) is 12.8 Å². The second-order valence-corrected chi connectivity index (χ2v) is 3.80. The summed E-state index contributed by atoms with van der Waals surface area (Å²) >= 11 is 0. The number of imide groups is 1. The number of nitrogens with two attached hydrogens (primary N) is 1. The van der Waals surface area contributed by atoms with Gasteiger partial charge in [0, 0.05) is 13.5 Å². The highest BCUT2D eigenvalue weighted by molar-refractivity contribution is 6.00. The van der Waals surface area contributed by atoms with Gasteiger partial charge in [-0.25, -0.2) is 0 Å². The van der Waals surface area contributed by atoms with Gasteiger partial charge in [0.15, 0.2) is 5.84 Å². The van der Waals surface area contributed by atoms with Crippen molar-refractivity contribution in [3.63, 3.8) is 0 Å². The van der Waals surface area contributed by atoms with Crippen molar-refractivity contribution >= 4 is 17.6 Å². The Labute approximate surface area is 93.3 Å². The molecular formula is C9H16N4O3. The molecule has 0 spiro atoms. The van der Waals surface area contributed by atoms with Gasteiger partial charge in [0.05, 0.1) is 12.1 Å². The quantitative estimate of drug-likeness (QED) is 0.186. The zero-order chi connectivity index (χ0) is 12.3. The van der Waals surface area contributed by atoms with Crippen molar-refractivity contribution in [1.29, 1.82) is 0 Å². The number of nitrogens with one attached hydrogen (secondary N) is 1. The molecule has 2 atom stereocenters. The number of oxime groups is 1. The number of rotatable bonds is 3. The van der Waals surface area contributed by atoms with E-state index in [1.807, 2.05) is 0 Å². The Morgan fingerprint density at radius 3 is 2.88 bits per heavy atom. The molecule has 0 bridgehead atoms. The lowest BCUT2D eigenvalue weighted by Gasteiger charge is -2.30. The van der Waals surface area contributed by atoms with Crippen molar-refractivity contribution in [2.24, 2.45) is 10.9 Å². The van der Waals surface area contributed by atoms with Crippen molar-refractivity contribution in [1.82, 2.24) is 10.2 Å². The molecule has 0 saturated carbocycles. The summed E-state index contributed by atoms with van der Waals surface area (Å²) in [6.45, 7) is 1.68. The van der Waals surface area contributed by atoms with Crippen LogP contribution in [0.2, 0.25) is 0 Å². The van der Waals surface area contributed by atoms with Gasteiger partial charge in [-0.15, -0.1) is 0 Å². The maximum absolute atomic E-state index is 11.7. The minimum absolute atomic E-state index is 0.00681. The van der Waals surface area contributed by atoms with Crippen molar-refractivity contribution < 1.29 is 14.8 Å². The molecule has 4 N–H and O–H groups in total. The lowest BCUT2D eigenvalue weighted by Crippen LogP contribution is -2.55. The summed E-state index contributed by atoms with van der Waals surface area (Å²) in [7, 11) is 1.45. The second-order valence-electron chi connectivity index (χ2n) is 3.80. The average Bonchev–Trinajstić information content (AvgIpc) is 2.28. The molecule has 1 aliphatic heterocycles. The van der Waals surface area contributed by atoms with E-state index in [2.05, 4.69) is 10.5 Å². The fraction of sp³-hybridized carbons (Fsp3) is 0.667. The first-order valence-corrected chi connectivity index (χ1v) is 5.01. The molecule has 0 aromatic heterocycles. The first-order chi connectivity index (χ1) is 7.47. The number of amides is 2. The number of hydrogen-bond acceptors (Lipinski definition) is 5. The number of carbonyl (C=O) groups excluding carboxylic acids is 2. The molecule has 1 rings (SSSR count). The summed E-state index contributed by atoms with van der Waals surface area (Å²) in [4.78, 5) is 24.0. The molecule has 0 radical (unpaired) electrons. The van der Waals surface area contributed by atoms with Crippen molar-refractivity contribution in [3.05, 3.63) is 0 Å². The normalized spacial score (nSPS) is 24.8. The minimum Gasteiger partial charge on any atom is -0.409 e. The SMILES string of the molecule is CC(NC1CCC(=O)N(C)C1=O)C(N)=NO. The predicted octanol–water partition coefficient (Wildman–Crippen LogP) is -1.14. The van der Waals surface area contributed by atoms with Crippen LogP contribution >= 0.6 is 0 Å². The van der Waals surface area contributed by atoms with Crippen LogP contribution in [-0.4, -0.2) is 46.9 Å². The molecule has 16 heavy (non-hydrogen) atoms. The molecule has 1 saturated heterocycles. The van der Waals surface area contributed by atoms with Crippen LogP contribution in [0.3, 0.4) is 0 Å². The number of amidine groups is 1.